The maximum atomic E-state index is 12.3. The van der Waals surface area contributed by atoms with E-state index in [0.717, 1.165) is 31.9 Å². The highest BCUT2D eigenvalue weighted by atomic mass is 32.2. The average molecular weight is 399 g/mol. The van der Waals surface area contributed by atoms with Crippen molar-refractivity contribution < 1.29 is 4.79 Å². The van der Waals surface area contributed by atoms with E-state index < -0.39 is 0 Å². The molecule has 3 N–H and O–H groups in total. The summed E-state index contributed by atoms with van der Waals surface area (Å²) in [4.78, 5) is 36.8. The molecular formula is C19H18N4O2S2. The number of thioether (sulfide) groups is 1. The Morgan fingerprint density at radius 1 is 1.30 bits per heavy atom. The minimum Gasteiger partial charge on any atom is -0.361 e. The molecule has 0 fully saturated rings. The molecule has 6 nitrogen and oxygen atoms in total. The first-order valence-corrected chi connectivity index (χ1v) is 10.4. The number of carbonyl (C=O) groups excluding carboxylic acids is 1. The highest BCUT2D eigenvalue weighted by Crippen LogP contribution is 2.26. The van der Waals surface area contributed by atoms with E-state index in [-0.39, 0.29) is 17.2 Å². The van der Waals surface area contributed by atoms with Gasteiger partial charge >= 0.3 is 0 Å². The number of hydrogen-bond acceptors (Lipinski definition) is 5. The van der Waals surface area contributed by atoms with Crippen LogP contribution in [0.25, 0.3) is 21.1 Å². The summed E-state index contributed by atoms with van der Waals surface area (Å²) in [6.07, 6.45) is 1.87. The summed E-state index contributed by atoms with van der Waals surface area (Å²) in [6.45, 7) is 3.93. The number of amides is 1. The van der Waals surface area contributed by atoms with Crippen LogP contribution in [-0.4, -0.2) is 26.6 Å². The lowest BCUT2D eigenvalue weighted by Gasteiger charge is -2.05. The fourth-order valence-corrected chi connectivity index (χ4v) is 4.67. The molecule has 0 saturated carbocycles. The maximum absolute atomic E-state index is 12.3. The van der Waals surface area contributed by atoms with Crippen molar-refractivity contribution in [2.75, 3.05) is 11.1 Å². The lowest BCUT2D eigenvalue weighted by atomic mass is 10.2. The topological polar surface area (TPSA) is 90.6 Å². The number of benzene rings is 1. The molecule has 3 aromatic heterocycles. The van der Waals surface area contributed by atoms with Gasteiger partial charge < -0.3 is 15.3 Å². The molecule has 0 bridgehead atoms. The van der Waals surface area contributed by atoms with Crippen molar-refractivity contribution in [3.8, 4) is 0 Å². The molecule has 138 valence electrons. The molecule has 1 aromatic carbocycles. The van der Waals surface area contributed by atoms with Gasteiger partial charge in [0, 0.05) is 27.7 Å². The molecule has 0 atom stereocenters. The van der Waals surface area contributed by atoms with Crippen LogP contribution in [0.2, 0.25) is 0 Å². The Morgan fingerprint density at radius 3 is 3.00 bits per heavy atom. The van der Waals surface area contributed by atoms with Crippen molar-refractivity contribution in [2.45, 2.75) is 19.6 Å². The Hall–Kier alpha value is -2.58. The lowest BCUT2D eigenvalue weighted by Crippen LogP contribution is -2.15. The van der Waals surface area contributed by atoms with E-state index in [0.29, 0.717) is 17.0 Å². The van der Waals surface area contributed by atoms with Crippen LogP contribution in [0.15, 0.2) is 35.3 Å². The van der Waals surface area contributed by atoms with Gasteiger partial charge in [0.1, 0.15) is 10.7 Å². The molecule has 0 spiro atoms. The van der Waals surface area contributed by atoms with Gasteiger partial charge in [-0.25, -0.2) is 4.98 Å². The van der Waals surface area contributed by atoms with Crippen molar-refractivity contribution in [2.24, 2.45) is 0 Å². The molecule has 0 radical (unpaired) electrons. The minimum absolute atomic E-state index is 0.0823. The van der Waals surface area contributed by atoms with Crippen LogP contribution >= 0.6 is 23.1 Å². The first-order valence-electron chi connectivity index (χ1n) is 8.45. The van der Waals surface area contributed by atoms with Gasteiger partial charge in [-0.05, 0) is 43.7 Å². The third-order valence-corrected chi connectivity index (χ3v) is 6.44. The number of thiophene rings is 1. The van der Waals surface area contributed by atoms with E-state index in [1.165, 1.54) is 23.1 Å². The molecule has 4 rings (SSSR count). The highest BCUT2D eigenvalue weighted by Gasteiger charge is 2.12. The summed E-state index contributed by atoms with van der Waals surface area (Å²) in [6, 6.07) is 7.71. The van der Waals surface area contributed by atoms with Crippen LogP contribution in [0.4, 0.5) is 5.69 Å². The second kappa shape index (κ2) is 7.21. The van der Waals surface area contributed by atoms with Gasteiger partial charge in [0.2, 0.25) is 5.91 Å². The normalized spacial score (nSPS) is 11.3. The van der Waals surface area contributed by atoms with E-state index in [1.807, 2.05) is 44.3 Å². The molecule has 0 aliphatic heterocycles. The molecule has 27 heavy (non-hydrogen) atoms. The Bertz CT molecular complexity index is 1210. The molecule has 3 heterocycles. The molecule has 4 aromatic rings. The Balaban J connectivity index is 1.38. The Morgan fingerprint density at radius 2 is 2.15 bits per heavy atom. The molecule has 0 aliphatic carbocycles. The lowest BCUT2D eigenvalue weighted by molar-refractivity contribution is -0.113. The number of nitrogens with one attached hydrogen (secondary N) is 3. The Kier molecular flexibility index (Phi) is 4.75. The smallest absolute Gasteiger partial charge is 0.259 e. The van der Waals surface area contributed by atoms with Gasteiger partial charge in [-0.2, -0.15) is 0 Å². The van der Waals surface area contributed by atoms with E-state index >= 15 is 0 Å². The highest BCUT2D eigenvalue weighted by molar-refractivity contribution is 7.99. The van der Waals surface area contributed by atoms with Crippen LogP contribution in [0.3, 0.4) is 0 Å². The zero-order valence-electron chi connectivity index (χ0n) is 14.9. The van der Waals surface area contributed by atoms with Crippen molar-refractivity contribution in [1.82, 2.24) is 15.0 Å². The van der Waals surface area contributed by atoms with Crippen LogP contribution in [0.1, 0.15) is 16.3 Å². The summed E-state index contributed by atoms with van der Waals surface area (Å²) in [7, 11) is 0. The summed E-state index contributed by atoms with van der Waals surface area (Å²) in [5.74, 6) is 1.28. The predicted octanol–water partition coefficient (Wildman–Crippen LogP) is 3.95. The minimum atomic E-state index is -0.110. The number of nitrogens with zero attached hydrogens (tertiary/aromatic N) is 1. The van der Waals surface area contributed by atoms with E-state index in [1.54, 1.807) is 0 Å². The predicted molar refractivity (Wildman–Crippen MR) is 113 cm³/mol. The van der Waals surface area contributed by atoms with E-state index in [2.05, 4.69) is 20.3 Å². The molecule has 0 saturated heterocycles. The molecule has 0 unspecified atom stereocenters. The van der Waals surface area contributed by atoms with Crippen molar-refractivity contribution in [1.29, 1.82) is 0 Å². The Labute approximate surface area is 163 Å². The second-order valence-electron chi connectivity index (χ2n) is 6.30. The molecule has 0 aliphatic rings. The van der Waals surface area contributed by atoms with E-state index in [9.17, 15) is 9.59 Å². The number of aryl methyl sites for hydroxylation is 2. The molecular weight excluding hydrogens is 380 g/mol. The molecule has 8 heteroatoms. The summed E-state index contributed by atoms with van der Waals surface area (Å²) >= 11 is 2.95. The van der Waals surface area contributed by atoms with Crippen LogP contribution < -0.4 is 10.9 Å². The average Bonchev–Trinajstić information content (AvgIpc) is 3.19. The van der Waals surface area contributed by atoms with Gasteiger partial charge in [-0.1, -0.05) is 0 Å². The first kappa shape index (κ1) is 17.8. The maximum Gasteiger partial charge on any atom is 0.259 e. The van der Waals surface area contributed by atoms with Gasteiger partial charge in [0.25, 0.3) is 5.56 Å². The monoisotopic (exact) mass is 398 g/mol. The number of aromatic amines is 2. The first-order chi connectivity index (χ1) is 13.0. The van der Waals surface area contributed by atoms with Crippen molar-refractivity contribution >= 4 is 55.8 Å². The van der Waals surface area contributed by atoms with Gasteiger partial charge in [-0.15, -0.1) is 23.1 Å². The summed E-state index contributed by atoms with van der Waals surface area (Å²) < 4.78 is 0. The van der Waals surface area contributed by atoms with E-state index in [4.69, 9.17) is 0 Å². The number of aromatic nitrogens is 3. The standard InChI is InChI=1S/C19H18N4O2S2/c1-10-11(2)27-19-17(10)18(25)22-15(23-19)8-26-9-16(24)21-13-3-4-14-12(7-13)5-6-20-14/h3-7,20H,8-9H2,1-2H3,(H,21,24)(H,22,23,25). The zero-order valence-corrected chi connectivity index (χ0v) is 16.5. The van der Waals surface area contributed by atoms with Gasteiger partial charge in [0.05, 0.1) is 16.9 Å². The number of carbonyl (C=O) groups is 1. The third kappa shape index (κ3) is 3.63. The largest absolute Gasteiger partial charge is 0.361 e. The summed E-state index contributed by atoms with van der Waals surface area (Å²) in [5.41, 5.74) is 2.68. The third-order valence-electron chi connectivity index (χ3n) is 4.40. The van der Waals surface area contributed by atoms with Gasteiger partial charge in [0.15, 0.2) is 0 Å². The second-order valence-corrected chi connectivity index (χ2v) is 8.49. The fourth-order valence-electron chi connectivity index (χ4n) is 2.94. The zero-order chi connectivity index (χ0) is 19.0. The summed E-state index contributed by atoms with van der Waals surface area (Å²) in [5, 5.41) is 4.62. The molecule has 1 amide bonds. The number of anilines is 1. The fraction of sp³-hybridized carbons (Fsp3) is 0.211. The van der Waals surface area contributed by atoms with Crippen LogP contribution in [0.5, 0.6) is 0 Å². The quantitative estimate of drug-likeness (QED) is 0.475. The van der Waals surface area contributed by atoms with Gasteiger partial charge in [-0.3, -0.25) is 9.59 Å². The SMILES string of the molecule is Cc1sc2nc(CSCC(=O)Nc3ccc4[nH]ccc4c3)[nH]c(=O)c2c1C. The number of hydrogen-bond donors (Lipinski definition) is 3. The van der Waals surface area contributed by atoms with Crippen molar-refractivity contribution in [3.63, 3.8) is 0 Å². The number of rotatable bonds is 5. The number of H-pyrrole nitrogens is 2. The van der Waals surface area contributed by atoms with Crippen molar-refractivity contribution in [3.05, 3.63) is 57.1 Å². The van der Waals surface area contributed by atoms with Crippen LogP contribution in [-0.2, 0) is 10.5 Å². The number of fused-ring (bicyclic) bond motifs is 2. The van der Waals surface area contributed by atoms with Crippen LogP contribution in [0, 0.1) is 13.8 Å².